The Morgan fingerprint density at radius 2 is 2.05 bits per heavy atom. The van der Waals surface area contributed by atoms with E-state index in [0.29, 0.717) is 16.7 Å². The fourth-order valence-electron chi connectivity index (χ4n) is 1.48. The van der Waals surface area contributed by atoms with Gasteiger partial charge in [0, 0.05) is 17.8 Å². The van der Waals surface area contributed by atoms with E-state index in [0.717, 1.165) is 17.3 Å². The third-order valence-electron chi connectivity index (χ3n) is 2.52. The highest BCUT2D eigenvalue weighted by Crippen LogP contribution is 2.13. The SMILES string of the molecule is O=C(CSc1nc(C(=O)O)c[nH]1)NCc1ccc(Cl)cc1. The molecule has 0 fully saturated rings. The number of nitrogens with one attached hydrogen (secondary N) is 2. The number of carboxylic acid groups (broad SMARTS) is 1. The Kier molecular flexibility index (Phi) is 5.24. The quantitative estimate of drug-likeness (QED) is 0.707. The average Bonchev–Trinajstić information content (AvgIpc) is 2.93. The molecule has 2 aromatic rings. The van der Waals surface area contributed by atoms with Gasteiger partial charge in [-0.1, -0.05) is 35.5 Å². The Morgan fingerprint density at radius 3 is 2.67 bits per heavy atom. The van der Waals surface area contributed by atoms with Gasteiger partial charge in [0.15, 0.2) is 10.9 Å². The van der Waals surface area contributed by atoms with Gasteiger partial charge in [-0.25, -0.2) is 9.78 Å². The Morgan fingerprint density at radius 1 is 1.33 bits per heavy atom. The lowest BCUT2D eigenvalue weighted by molar-refractivity contribution is -0.118. The topological polar surface area (TPSA) is 95.1 Å². The van der Waals surface area contributed by atoms with Crippen LogP contribution in [0.1, 0.15) is 16.1 Å². The van der Waals surface area contributed by atoms with Crippen molar-refractivity contribution in [1.29, 1.82) is 0 Å². The number of halogens is 1. The smallest absolute Gasteiger partial charge is 0.356 e. The van der Waals surface area contributed by atoms with Crippen LogP contribution in [0.2, 0.25) is 5.02 Å². The van der Waals surface area contributed by atoms with Gasteiger partial charge in [-0.3, -0.25) is 4.79 Å². The molecule has 0 atom stereocenters. The predicted molar refractivity (Wildman–Crippen MR) is 79.6 cm³/mol. The van der Waals surface area contributed by atoms with E-state index in [1.165, 1.54) is 6.20 Å². The van der Waals surface area contributed by atoms with Crippen molar-refractivity contribution in [3.8, 4) is 0 Å². The zero-order valence-electron chi connectivity index (χ0n) is 10.8. The highest BCUT2D eigenvalue weighted by molar-refractivity contribution is 7.99. The summed E-state index contributed by atoms with van der Waals surface area (Å²) in [7, 11) is 0. The minimum Gasteiger partial charge on any atom is -0.476 e. The van der Waals surface area contributed by atoms with Crippen molar-refractivity contribution in [1.82, 2.24) is 15.3 Å². The average molecular weight is 326 g/mol. The minimum atomic E-state index is -1.11. The largest absolute Gasteiger partial charge is 0.476 e. The van der Waals surface area contributed by atoms with E-state index >= 15 is 0 Å². The first-order valence-electron chi connectivity index (χ1n) is 5.97. The number of carbonyl (C=O) groups excluding carboxylic acids is 1. The summed E-state index contributed by atoms with van der Waals surface area (Å²) in [6, 6.07) is 7.19. The number of carbonyl (C=O) groups is 2. The highest BCUT2D eigenvalue weighted by Gasteiger charge is 2.10. The highest BCUT2D eigenvalue weighted by atomic mass is 35.5. The summed E-state index contributed by atoms with van der Waals surface area (Å²) >= 11 is 6.91. The van der Waals surface area contributed by atoms with Gasteiger partial charge in [0.25, 0.3) is 0 Å². The van der Waals surface area contributed by atoms with Crippen molar-refractivity contribution in [3.63, 3.8) is 0 Å². The van der Waals surface area contributed by atoms with Crippen LogP contribution in [0.15, 0.2) is 35.6 Å². The summed E-state index contributed by atoms with van der Waals surface area (Å²) in [5.74, 6) is -1.12. The lowest BCUT2D eigenvalue weighted by Gasteiger charge is -2.04. The lowest BCUT2D eigenvalue weighted by atomic mass is 10.2. The van der Waals surface area contributed by atoms with Crippen molar-refractivity contribution in [2.75, 3.05) is 5.75 Å². The number of nitrogens with zero attached hydrogens (tertiary/aromatic N) is 1. The number of hydrogen-bond donors (Lipinski definition) is 3. The number of aromatic carboxylic acids is 1. The van der Waals surface area contributed by atoms with Gasteiger partial charge in [-0.05, 0) is 17.7 Å². The maximum absolute atomic E-state index is 11.7. The zero-order chi connectivity index (χ0) is 15.2. The Hall–Kier alpha value is -1.99. The van der Waals surface area contributed by atoms with Crippen molar-refractivity contribution >= 4 is 35.2 Å². The number of benzene rings is 1. The third kappa shape index (κ3) is 4.80. The van der Waals surface area contributed by atoms with Crippen molar-refractivity contribution in [3.05, 3.63) is 46.7 Å². The zero-order valence-corrected chi connectivity index (χ0v) is 12.4. The molecule has 2 rings (SSSR count). The second kappa shape index (κ2) is 7.14. The number of H-pyrrole nitrogens is 1. The molecule has 110 valence electrons. The standard InChI is InChI=1S/C13H12ClN3O3S/c14-9-3-1-8(2-4-9)5-15-11(18)7-21-13-16-6-10(17-13)12(19)20/h1-4,6H,5,7H2,(H,15,18)(H,16,17)(H,19,20). The monoisotopic (exact) mass is 325 g/mol. The van der Waals surface area contributed by atoms with Crippen LogP contribution in [0.4, 0.5) is 0 Å². The van der Waals surface area contributed by atoms with Gasteiger partial charge >= 0.3 is 5.97 Å². The fraction of sp³-hybridized carbons (Fsp3) is 0.154. The first kappa shape index (κ1) is 15.4. The van der Waals surface area contributed by atoms with Crippen molar-refractivity contribution in [2.24, 2.45) is 0 Å². The summed E-state index contributed by atoms with van der Waals surface area (Å²) in [6.45, 7) is 0.412. The summed E-state index contributed by atoms with van der Waals surface area (Å²) in [4.78, 5) is 28.9. The molecule has 1 aromatic carbocycles. The number of aromatic nitrogens is 2. The van der Waals surface area contributed by atoms with Crippen LogP contribution in [-0.2, 0) is 11.3 Å². The number of aromatic amines is 1. The number of hydrogen-bond acceptors (Lipinski definition) is 4. The van der Waals surface area contributed by atoms with E-state index in [2.05, 4.69) is 15.3 Å². The number of rotatable bonds is 6. The van der Waals surface area contributed by atoms with Crippen LogP contribution in [0.25, 0.3) is 0 Å². The molecular formula is C13H12ClN3O3S. The molecular weight excluding hydrogens is 314 g/mol. The van der Waals surface area contributed by atoms with Crippen LogP contribution in [0.5, 0.6) is 0 Å². The number of imidazole rings is 1. The molecule has 1 heterocycles. The molecule has 0 saturated carbocycles. The first-order valence-corrected chi connectivity index (χ1v) is 7.33. The summed E-state index contributed by atoms with van der Waals surface area (Å²) in [6.07, 6.45) is 1.29. The van der Waals surface area contributed by atoms with Crippen LogP contribution in [-0.4, -0.2) is 32.7 Å². The van der Waals surface area contributed by atoms with E-state index in [1.807, 2.05) is 12.1 Å². The fourth-order valence-corrected chi connectivity index (χ4v) is 2.28. The number of amides is 1. The van der Waals surface area contributed by atoms with Gasteiger partial charge in [0.1, 0.15) is 0 Å². The van der Waals surface area contributed by atoms with Gasteiger partial charge in [-0.15, -0.1) is 0 Å². The molecule has 1 aromatic heterocycles. The molecule has 0 aliphatic rings. The maximum Gasteiger partial charge on any atom is 0.356 e. The molecule has 3 N–H and O–H groups in total. The predicted octanol–water partition coefficient (Wildman–Crippen LogP) is 2.17. The van der Waals surface area contributed by atoms with Crippen LogP contribution in [0.3, 0.4) is 0 Å². The molecule has 8 heteroatoms. The van der Waals surface area contributed by atoms with Crippen molar-refractivity contribution in [2.45, 2.75) is 11.7 Å². The van der Waals surface area contributed by atoms with Gasteiger partial charge < -0.3 is 15.4 Å². The second-order valence-electron chi connectivity index (χ2n) is 4.09. The molecule has 0 spiro atoms. The lowest BCUT2D eigenvalue weighted by Crippen LogP contribution is -2.24. The summed E-state index contributed by atoms with van der Waals surface area (Å²) in [5, 5.41) is 12.5. The van der Waals surface area contributed by atoms with E-state index in [-0.39, 0.29) is 17.4 Å². The number of thioether (sulfide) groups is 1. The molecule has 0 aliphatic carbocycles. The molecule has 21 heavy (non-hydrogen) atoms. The van der Waals surface area contributed by atoms with Gasteiger partial charge in [-0.2, -0.15) is 0 Å². The van der Waals surface area contributed by atoms with Crippen LogP contribution in [0, 0.1) is 0 Å². The molecule has 0 saturated heterocycles. The Balaban J connectivity index is 1.76. The molecule has 6 nitrogen and oxygen atoms in total. The Labute approximate surface area is 129 Å². The first-order chi connectivity index (χ1) is 10.0. The van der Waals surface area contributed by atoms with Crippen LogP contribution >= 0.6 is 23.4 Å². The van der Waals surface area contributed by atoms with E-state index in [1.54, 1.807) is 12.1 Å². The van der Waals surface area contributed by atoms with E-state index < -0.39 is 5.97 Å². The summed E-state index contributed by atoms with van der Waals surface area (Å²) in [5.41, 5.74) is 0.878. The molecule has 1 amide bonds. The van der Waals surface area contributed by atoms with Crippen LogP contribution < -0.4 is 5.32 Å². The summed E-state index contributed by atoms with van der Waals surface area (Å²) < 4.78 is 0. The molecule has 0 radical (unpaired) electrons. The third-order valence-corrected chi connectivity index (χ3v) is 3.66. The van der Waals surface area contributed by atoms with Crippen molar-refractivity contribution < 1.29 is 14.7 Å². The van der Waals surface area contributed by atoms with E-state index in [9.17, 15) is 9.59 Å². The van der Waals surface area contributed by atoms with E-state index in [4.69, 9.17) is 16.7 Å². The van der Waals surface area contributed by atoms with Gasteiger partial charge in [0.2, 0.25) is 5.91 Å². The minimum absolute atomic E-state index is 0.0703. The normalized spacial score (nSPS) is 10.3. The second-order valence-corrected chi connectivity index (χ2v) is 5.49. The number of carboxylic acids is 1. The van der Waals surface area contributed by atoms with Gasteiger partial charge in [0.05, 0.1) is 5.75 Å². The molecule has 0 aliphatic heterocycles. The molecule has 0 bridgehead atoms. The molecule has 0 unspecified atom stereocenters. The maximum atomic E-state index is 11.7. The Bertz CT molecular complexity index is 642.